The van der Waals surface area contributed by atoms with Crippen molar-refractivity contribution in [1.29, 1.82) is 0 Å². The molecule has 0 bridgehead atoms. The van der Waals surface area contributed by atoms with E-state index in [9.17, 15) is 0 Å². The van der Waals surface area contributed by atoms with Crippen LogP contribution in [-0.4, -0.2) is 11.5 Å². The van der Waals surface area contributed by atoms with Gasteiger partial charge in [-0.25, -0.2) is 4.98 Å². The van der Waals surface area contributed by atoms with Gasteiger partial charge in [0.2, 0.25) is 0 Å². The molecule has 3 N–H and O–H groups in total. The summed E-state index contributed by atoms with van der Waals surface area (Å²) < 4.78 is 0. The second-order valence-electron chi connectivity index (χ2n) is 4.06. The summed E-state index contributed by atoms with van der Waals surface area (Å²) in [6, 6.07) is 6.24. The zero-order chi connectivity index (χ0) is 12.3. The molecule has 0 aliphatic carbocycles. The van der Waals surface area contributed by atoms with E-state index in [1.165, 1.54) is 11.1 Å². The molecular formula is C13H17N3S. The van der Waals surface area contributed by atoms with Crippen molar-refractivity contribution in [2.24, 2.45) is 5.73 Å². The van der Waals surface area contributed by atoms with Crippen LogP contribution in [0.5, 0.6) is 0 Å². The number of aryl methyl sites for hydroxylation is 1. The predicted molar refractivity (Wildman–Crippen MR) is 74.1 cm³/mol. The standard InChI is InChI=1S/C13H17N3S/c1-9-4-3-5-12(10(9)2)16-13-15-11(6-7-14)8-17-13/h3-5,8H,6-7,14H2,1-2H3,(H,15,16). The Hall–Kier alpha value is -1.39. The molecule has 4 heteroatoms. The molecule has 1 aromatic heterocycles. The number of nitrogens with zero attached hydrogens (tertiary/aromatic N) is 1. The minimum atomic E-state index is 0.645. The van der Waals surface area contributed by atoms with E-state index in [-0.39, 0.29) is 0 Å². The van der Waals surface area contributed by atoms with E-state index >= 15 is 0 Å². The number of hydrogen-bond donors (Lipinski definition) is 2. The SMILES string of the molecule is Cc1cccc(Nc2nc(CCN)cs2)c1C. The minimum Gasteiger partial charge on any atom is -0.331 e. The Morgan fingerprint density at radius 3 is 2.94 bits per heavy atom. The molecule has 90 valence electrons. The number of benzene rings is 1. The van der Waals surface area contributed by atoms with Crippen LogP contribution < -0.4 is 11.1 Å². The summed E-state index contributed by atoms with van der Waals surface area (Å²) in [6.45, 7) is 4.88. The van der Waals surface area contributed by atoms with Crippen LogP contribution >= 0.6 is 11.3 Å². The van der Waals surface area contributed by atoms with Gasteiger partial charge in [-0.15, -0.1) is 11.3 Å². The molecule has 2 rings (SSSR count). The number of aromatic nitrogens is 1. The highest BCUT2D eigenvalue weighted by Gasteiger charge is 2.04. The van der Waals surface area contributed by atoms with Crippen molar-refractivity contribution in [3.8, 4) is 0 Å². The van der Waals surface area contributed by atoms with E-state index in [2.05, 4.69) is 47.7 Å². The van der Waals surface area contributed by atoms with Gasteiger partial charge < -0.3 is 11.1 Å². The monoisotopic (exact) mass is 247 g/mol. The highest BCUT2D eigenvalue weighted by molar-refractivity contribution is 7.13. The van der Waals surface area contributed by atoms with Gasteiger partial charge in [-0.2, -0.15) is 0 Å². The summed E-state index contributed by atoms with van der Waals surface area (Å²) in [4.78, 5) is 4.49. The van der Waals surface area contributed by atoms with E-state index in [0.717, 1.165) is 22.9 Å². The van der Waals surface area contributed by atoms with Crippen LogP contribution in [0.25, 0.3) is 0 Å². The Kier molecular flexibility index (Phi) is 3.76. The average Bonchev–Trinajstić information content (AvgIpc) is 2.73. The van der Waals surface area contributed by atoms with Crippen LogP contribution in [0.15, 0.2) is 23.6 Å². The average molecular weight is 247 g/mol. The zero-order valence-electron chi connectivity index (χ0n) is 10.2. The van der Waals surface area contributed by atoms with Crippen molar-refractivity contribution in [3.63, 3.8) is 0 Å². The summed E-state index contributed by atoms with van der Waals surface area (Å²) in [6.07, 6.45) is 0.838. The van der Waals surface area contributed by atoms with Gasteiger partial charge in [0, 0.05) is 17.5 Å². The van der Waals surface area contributed by atoms with Crippen molar-refractivity contribution in [2.45, 2.75) is 20.3 Å². The van der Waals surface area contributed by atoms with E-state index in [1.54, 1.807) is 11.3 Å². The molecular weight excluding hydrogens is 230 g/mol. The molecule has 3 nitrogen and oxygen atoms in total. The van der Waals surface area contributed by atoms with Crippen LogP contribution in [0.2, 0.25) is 0 Å². The third kappa shape index (κ3) is 2.84. The summed E-state index contributed by atoms with van der Waals surface area (Å²) in [5.74, 6) is 0. The quantitative estimate of drug-likeness (QED) is 0.873. The number of thiazole rings is 1. The molecule has 0 unspecified atom stereocenters. The molecule has 0 aliphatic rings. The summed E-state index contributed by atoms with van der Waals surface area (Å²) >= 11 is 1.62. The van der Waals surface area contributed by atoms with Crippen LogP contribution in [-0.2, 0) is 6.42 Å². The smallest absolute Gasteiger partial charge is 0.187 e. The molecule has 0 amide bonds. The number of nitrogens with one attached hydrogen (secondary N) is 1. The minimum absolute atomic E-state index is 0.645. The van der Waals surface area contributed by atoms with Crippen molar-refractivity contribution >= 4 is 22.2 Å². The first-order valence-corrected chi connectivity index (χ1v) is 6.56. The maximum Gasteiger partial charge on any atom is 0.187 e. The molecule has 0 fully saturated rings. The van der Waals surface area contributed by atoms with Crippen molar-refractivity contribution in [2.75, 3.05) is 11.9 Å². The second kappa shape index (κ2) is 5.29. The summed E-state index contributed by atoms with van der Waals surface area (Å²) in [7, 11) is 0. The zero-order valence-corrected chi connectivity index (χ0v) is 11.0. The highest BCUT2D eigenvalue weighted by atomic mass is 32.1. The van der Waals surface area contributed by atoms with Gasteiger partial charge in [-0.3, -0.25) is 0 Å². The Morgan fingerprint density at radius 2 is 2.18 bits per heavy atom. The third-order valence-electron chi connectivity index (χ3n) is 2.80. The van der Waals surface area contributed by atoms with Crippen LogP contribution in [0.3, 0.4) is 0 Å². The molecule has 0 atom stereocenters. The predicted octanol–water partition coefficient (Wildman–Crippen LogP) is 3.00. The van der Waals surface area contributed by atoms with Crippen LogP contribution in [0, 0.1) is 13.8 Å². The Balaban J connectivity index is 2.16. The molecule has 1 aromatic carbocycles. The van der Waals surface area contributed by atoms with Gasteiger partial charge in [0.05, 0.1) is 5.69 Å². The largest absolute Gasteiger partial charge is 0.331 e. The van der Waals surface area contributed by atoms with E-state index < -0.39 is 0 Å². The first-order chi connectivity index (χ1) is 8.20. The van der Waals surface area contributed by atoms with E-state index in [4.69, 9.17) is 5.73 Å². The second-order valence-corrected chi connectivity index (χ2v) is 4.91. The molecule has 0 saturated carbocycles. The van der Waals surface area contributed by atoms with Crippen LogP contribution in [0.1, 0.15) is 16.8 Å². The Morgan fingerprint density at radius 1 is 1.35 bits per heavy atom. The Bertz CT molecular complexity index is 505. The van der Waals surface area contributed by atoms with Gasteiger partial charge in [0.1, 0.15) is 0 Å². The molecule has 17 heavy (non-hydrogen) atoms. The van der Waals surface area contributed by atoms with Gasteiger partial charge in [0.25, 0.3) is 0 Å². The van der Waals surface area contributed by atoms with E-state index in [0.29, 0.717) is 6.54 Å². The first kappa shape index (κ1) is 12.1. The number of nitrogens with two attached hydrogens (primary N) is 1. The van der Waals surface area contributed by atoms with Crippen LogP contribution in [0.4, 0.5) is 10.8 Å². The lowest BCUT2D eigenvalue weighted by Gasteiger charge is -2.08. The summed E-state index contributed by atoms with van der Waals surface area (Å²) in [5, 5.41) is 6.35. The molecule has 0 aliphatic heterocycles. The maximum absolute atomic E-state index is 5.51. The van der Waals surface area contributed by atoms with Gasteiger partial charge >= 0.3 is 0 Å². The summed E-state index contributed by atoms with van der Waals surface area (Å²) in [5.41, 5.74) is 10.2. The lowest BCUT2D eigenvalue weighted by molar-refractivity contribution is 0.936. The normalized spacial score (nSPS) is 10.5. The van der Waals surface area contributed by atoms with Gasteiger partial charge in [-0.1, -0.05) is 12.1 Å². The highest BCUT2D eigenvalue weighted by Crippen LogP contribution is 2.25. The fourth-order valence-corrected chi connectivity index (χ4v) is 2.39. The van der Waals surface area contributed by atoms with Gasteiger partial charge in [0.15, 0.2) is 5.13 Å². The maximum atomic E-state index is 5.51. The molecule has 2 aromatic rings. The third-order valence-corrected chi connectivity index (χ3v) is 3.60. The fraction of sp³-hybridized carbons (Fsp3) is 0.308. The topological polar surface area (TPSA) is 50.9 Å². The van der Waals surface area contributed by atoms with Crippen molar-refractivity contribution in [1.82, 2.24) is 4.98 Å². The Labute approximate surface area is 106 Å². The van der Waals surface area contributed by atoms with Crippen molar-refractivity contribution < 1.29 is 0 Å². The molecule has 1 heterocycles. The fourth-order valence-electron chi connectivity index (χ4n) is 1.63. The number of hydrogen-bond acceptors (Lipinski definition) is 4. The molecule has 0 spiro atoms. The number of anilines is 2. The lowest BCUT2D eigenvalue weighted by atomic mass is 10.1. The van der Waals surface area contributed by atoms with Gasteiger partial charge in [-0.05, 0) is 37.6 Å². The first-order valence-electron chi connectivity index (χ1n) is 5.68. The molecule has 0 radical (unpaired) electrons. The van der Waals surface area contributed by atoms with E-state index in [1.807, 2.05) is 0 Å². The number of rotatable bonds is 4. The van der Waals surface area contributed by atoms with Crippen molar-refractivity contribution in [3.05, 3.63) is 40.4 Å². The molecule has 0 saturated heterocycles. The lowest BCUT2D eigenvalue weighted by Crippen LogP contribution is -2.03.